The van der Waals surface area contributed by atoms with E-state index in [4.69, 9.17) is 34.8 Å². The van der Waals surface area contributed by atoms with Crippen LogP contribution in [0.4, 0.5) is 5.69 Å². The second kappa shape index (κ2) is 14.9. The van der Waals surface area contributed by atoms with Gasteiger partial charge in [0.1, 0.15) is 12.6 Å². The maximum Gasteiger partial charge on any atom is 0.264 e. The summed E-state index contributed by atoms with van der Waals surface area (Å²) in [7, 11) is -4.18. The summed E-state index contributed by atoms with van der Waals surface area (Å²) >= 11 is 19.0. The van der Waals surface area contributed by atoms with Crippen molar-refractivity contribution in [1.29, 1.82) is 0 Å². The molecule has 3 aromatic rings. The fourth-order valence-electron chi connectivity index (χ4n) is 4.25. The molecule has 7 nitrogen and oxygen atoms in total. The zero-order valence-electron chi connectivity index (χ0n) is 23.2. The molecule has 0 radical (unpaired) electrons. The minimum Gasteiger partial charge on any atom is -0.354 e. The summed E-state index contributed by atoms with van der Waals surface area (Å²) in [6.45, 7) is 5.45. The highest BCUT2D eigenvalue weighted by molar-refractivity contribution is 7.92. The summed E-state index contributed by atoms with van der Waals surface area (Å²) < 4.78 is 28.8. The molecule has 0 bridgehead atoms. The molecule has 1 N–H and O–H groups in total. The minimum absolute atomic E-state index is 0.0240. The third-order valence-corrected chi connectivity index (χ3v) is 9.36. The monoisotopic (exact) mass is 637 g/mol. The van der Waals surface area contributed by atoms with Crippen molar-refractivity contribution in [2.75, 3.05) is 17.4 Å². The number of rotatable bonds is 13. The van der Waals surface area contributed by atoms with E-state index >= 15 is 0 Å². The van der Waals surface area contributed by atoms with E-state index < -0.39 is 28.5 Å². The van der Waals surface area contributed by atoms with Crippen LogP contribution in [-0.4, -0.2) is 44.3 Å². The fourth-order valence-corrected chi connectivity index (χ4v) is 6.31. The molecular formula is C30H34Cl3N3O4S. The second-order valence-corrected chi connectivity index (χ2v) is 12.7. The Hall–Kier alpha value is -2.78. The van der Waals surface area contributed by atoms with E-state index in [0.29, 0.717) is 27.2 Å². The number of hydrogen-bond donors (Lipinski definition) is 1. The number of nitrogens with one attached hydrogen (secondary N) is 1. The van der Waals surface area contributed by atoms with Crippen LogP contribution < -0.4 is 9.62 Å². The molecule has 0 saturated carbocycles. The number of amides is 2. The molecule has 0 aliphatic rings. The molecule has 0 spiro atoms. The van der Waals surface area contributed by atoms with Crippen LogP contribution in [0.2, 0.25) is 15.1 Å². The van der Waals surface area contributed by atoms with Crippen LogP contribution in [0.3, 0.4) is 0 Å². The van der Waals surface area contributed by atoms with Gasteiger partial charge in [0, 0.05) is 33.7 Å². The summed E-state index contributed by atoms with van der Waals surface area (Å²) in [6, 6.07) is 16.6. The van der Waals surface area contributed by atoms with Crippen molar-refractivity contribution in [3.63, 3.8) is 0 Å². The van der Waals surface area contributed by atoms with E-state index in [2.05, 4.69) is 5.32 Å². The average Bonchev–Trinajstić information content (AvgIpc) is 2.94. The van der Waals surface area contributed by atoms with Gasteiger partial charge in [-0.2, -0.15) is 0 Å². The molecule has 0 fully saturated rings. The number of anilines is 1. The molecule has 1 atom stereocenters. The topological polar surface area (TPSA) is 86.8 Å². The second-order valence-electron chi connectivity index (χ2n) is 9.59. The first-order valence-electron chi connectivity index (χ1n) is 13.3. The van der Waals surface area contributed by atoms with E-state index in [1.165, 1.54) is 29.2 Å². The van der Waals surface area contributed by atoms with Gasteiger partial charge in [0.15, 0.2) is 0 Å². The lowest BCUT2D eigenvalue weighted by atomic mass is 10.1. The van der Waals surface area contributed by atoms with Gasteiger partial charge < -0.3 is 10.2 Å². The van der Waals surface area contributed by atoms with Crippen molar-refractivity contribution >= 4 is 62.3 Å². The lowest BCUT2D eigenvalue weighted by Gasteiger charge is -2.33. The molecule has 2 amide bonds. The number of carbonyl (C=O) groups excluding carboxylic acids is 2. The quantitative estimate of drug-likeness (QED) is 0.207. The Morgan fingerprint density at radius 2 is 1.51 bits per heavy atom. The predicted molar refractivity (Wildman–Crippen MR) is 166 cm³/mol. The van der Waals surface area contributed by atoms with Gasteiger partial charge in [-0.3, -0.25) is 13.9 Å². The van der Waals surface area contributed by atoms with Crippen molar-refractivity contribution < 1.29 is 18.0 Å². The molecule has 0 aromatic heterocycles. The molecule has 3 rings (SSSR count). The van der Waals surface area contributed by atoms with Gasteiger partial charge in [0.25, 0.3) is 10.0 Å². The molecule has 0 saturated heterocycles. The third kappa shape index (κ3) is 8.38. The van der Waals surface area contributed by atoms with Gasteiger partial charge in [-0.1, -0.05) is 78.8 Å². The number of nitrogens with zero attached hydrogens (tertiary/aromatic N) is 2. The molecule has 0 unspecified atom stereocenters. The highest BCUT2D eigenvalue weighted by Crippen LogP contribution is 2.29. The van der Waals surface area contributed by atoms with Crippen LogP contribution in [0.15, 0.2) is 71.6 Å². The maximum absolute atomic E-state index is 14.1. The van der Waals surface area contributed by atoms with Crippen LogP contribution >= 0.6 is 34.8 Å². The molecular weight excluding hydrogens is 605 g/mol. The number of aryl methyl sites for hydroxylation is 1. The lowest BCUT2D eigenvalue weighted by molar-refractivity contribution is -0.140. The summed E-state index contributed by atoms with van der Waals surface area (Å²) in [5.74, 6) is -0.930. The Kier molecular flexibility index (Phi) is 11.9. The maximum atomic E-state index is 14.1. The molecule has 220 valence electrons. The summed E-state index contributed by atoms with van der Waals surface area (Å²) in [5.41, 5.74) is 1.60. The van der Waals surface area contributed by atoms with Gasteiger partial charge in [-0.05, 0) is 68.3 Å². The van der Waals surface area contributed by atoms with Crippen molar-refractivity contribution in [1.82, 2.24) is 10.2 Å². The summed E-state index contributed by atoms with van der Waals surface area (Å²) in [6.07, 6.45) is 1.96. The summed E-state index contributed by atoms with van der Waals surface area (Å²) in [5, 5.41) is 3.97. The minimum atomic E-state index is -4.18. The Labute approximate surface area is 257 Å². The van der Waals surface area contributed by atoms with Gasteiger partial charge in [-0.15, -0.1) is 0 Å². The number of benzene rings is 3. The van der Waals surface area contributed by atoms with Crippen molar-refractivity contribution in [3.05, 3.63) is 92.9 Å². The molecule has 0 aliphatic carbocycles. The Morgan fingerprint density at radius 1 is 0.902 bits per heavy atom. The average molecular weight is 639 g/mol. The zero-order chi connectivity index (χ0) is 30.2. The summed E-state index contributed by atoms with van der Waals surface area (Å²) in [4.78, 5) is 28.8. The van der Waals surface area contributed by atoms with Gasteiger partial charge >= 0.3 is 0 Å². The van der Waals surface area contributed by atoms with E-state index in [1.807, 2.05) is 13.8 Å². The molecule has 0 aliphatic heterocycles. The van der Waals surface area contributed by atoms with Crippen molar-refractivity contribution in [2.45, 2.75) is 57.5 Å². The first-order chi connectivity index (χ1) is 19.5. The van der Waals surface area contributed by atoms with Crippen LogP contribution in [0.25, 0.3) is 0 Å². The van der Waals surface area contributed by atoms with Crippen LogP contribution in [0.1, 0.15) is 44.2 Å². The Balaban J connectivity index is 2.07. The Bertz CT molecular complexity index is 1430. The third-order valence-electron chi connectivity index (χ3n) is 6.61. The van der Waals surface area contributed by atoms with E-state index in [1.54, 1.807) is 49.4 Å². The number of halogens is 3. The zero-order valence-corrected chi connectivity index (χ0v) is 26.3. The lowest BCUT2D eigenvalue weighted by Crippen LogP contribution is -2.52. The normalized spacial score (nSPS) is 12.0. The van der Waals surface area contributed by atoms with E-state index in [9.17, 15) is 18.0 Å². The van der Waals surface area contributed by atoms with Crippen LogP contribution in [0, 0.1) is 6.92 Å². The molecule has 0 heterocycles. The molecule has 3 aromatic carbocycles. The smallest absolute Gasteiger partial charge is 0.264 e. The van der Waals surface area contributed by atoms with Gasteiger partial charge in [-0.25, -0.2) is 8.42 Å². The number of hydrogen-bond acceptors (Lipinski definition) is 4. The SMILES string of the molecule is CCCCNC(=O)[C@@H](CC)N(Cc1c(Cl)cccc1Cl)C(=O)CN(c1ccc(Cl)cc1)S(=O)(=O)c1ccc(C)cc1. The van der Waals surface area contributed by atoms with Crippen LogP contribution in [0.5, 0.6) is 0 Å². The van der Waals surface area contributed by atoms with E-state index in [-0.39, 0.29) is 29.5 Å². The van der Waals surface area contributed by atoms with Crippen molar-refractivity contribution in [3.8, 4) is 0 Å². The standard InChI is InChI=1S/C30H34Cl3N3O4S/c1-4-6-18-34-30(38)28(5-2)35(19-25-26(32)8-7-9-27(25)33)29(37)20-36(23-14-12-22(31)13-15-23)41(39,40)24-16-10-21(3)11-17-24/h7-17,28H,4-6,18-20H2,1-3H3,(H,34,38)/t28-/m1/s1. The molecule has 11 heteroatoms. The highest BCUT2D eigenvalue weighted by Gasteiger charge is 2.34. The van der Waals surface area contributed by atoms with E-state index in [0.717, 1.165) is 22.7 Å². The largest absolute Gasteiger partial charge is 0.354 e. The van der Waals surface area contributed by atoms with Gasteiger partial charge in [0.2, 0.25) is 11.8 Å². The van der Waals surface area contributed by atoms with Gasteiger partial charge in [0.05, 0.1) is 10.6 Å². The predicted octanol–water partition coefficient (Wildman–Crippen LogP) is 6.87. The Morgan fingerprint density at radius 3 is 2.07 bits per heavy atom. The number of unbranched alkanes of at least 4 members (excludes halogenated alkanes) is 1. The first kappa shape index (κ1) is 32.7. The highest BCUT2D eigenvalue weighted by atomic mass is 35.5. The van der Waals surface area contributed by atoms with Crippen molar-refractivity contribution in [2.24, 2.45) is 0 Å². The van der Waals surface area contributed by atoms with Crippen LogP contribution in [-0.2, 0) is 26.2 Å². The number of carbonyl (C=O) groups is 2. The first-order valence-corrected chi connectivity index (χ1v) is 15.9. The molecule has 41 heavy (non-hydrogen) atoms. The fraction of sp³-hybridized carbons (Fsp3) is 0.333. The number of sulfonamides is 1.